The summed E-state index contributed by atoms with van der Waals surface area (Å²) in [7, 11) is 1.71. The fraction of sp³-hybridized carbons (Fsp3) is 1.00. The van der Waals surface area contributed by atoms with E-state index < -0.39 is 0 Å². The maximum absolute atomic E-state index is 5.68. The topological polar surface area (TPSA) is 12.5 Å². The Morgan fingerprint density at radius 2 is 2.10 bits per heavy atom. The molecule has 1 aliphatic heterocycles. The van der Waals surface area contributed by atoms with Crippen molar-refractivity contribution in [3.05, 3.63) is 0 Å². The molecule has 0 radical (unpaired) electrons. The Morgan fingerprint density at radius 1 is 1.50 bits per heavy atom. The van der Waals surface area contributed by atoms with Crippen molar-refractivity contribution in [2.75, 3.05) is 26.1 Å². The molecule has 0 saturated carbocycles. The maximum atomic E-state index is 5.68. The van der Waals surface area contributed by atoms with Gasteiger partial charge in [-0.25, -0.2) is 0 Å². The fourth-order valence-corrected chi connectivity index (χ4v) is 1.66. The van der Waals surface area contributed by atoms with Crippen molar-refractivity contribution in [3.8, 4) is 0 Å². The van der Waals surface area contributed by atoms with Crippen LogP contribution in [0.2, 0.25) is 0 Å². The number of ether oxygens (including phenoxy) is 1. The normalized spacial score (nSPS) is 23.4. The first-order chi connectivity index (χ1) is 4.88. The van der Waals surface area contributed by atoms with Gasteiger partial charge in [0.2, 0.25) is 0 Å². The molecule has 0 aromatic rings. The van der Waals surface area contributed by atoms with E-state index in [0.717, 1.165) is 13.1 Å². The Kier molecular flexibility index (Phi) is 3.46. The van der Waals surface area contributed by atoms with Gasteiger partial charge in [-0.3, -0.25) is 4.90 Å². The average Bonchev–Trinajstić information content (AvgIpc) is 2.43. The van der Waals surface area contributed by atoms with Gasteiger partial charge in [0.1, 0.15) is 6.23 Å². The summed E-state index contributed by atoms with van der Waals surface area (Å²) in [5.74, 6) is 0.580. The Labute approximate surface area is 67.1 Å². The second-order valence-electron chi connectivity index (χ2n) is 2.59. The molecular weight excluding hydrogens is 150 g/mol. The van der Waals surface area contributed by atoms with Gasteiger partial charge in [0.25, 0.3) is 0 Å². The number of methoxy groups -OCH3 is 1. The molecule has 0 amide bonds. The fourth-order valence-electron chi connectivity index (χ4n) is 1.34. The van der Waals surface area contributed by atoms with Gasteiger partial charge in [0.15, 0.2) is 0 Å². The molecule has 0 aromatic carbocycles. The average molecular weight is 164 g/mol. The Morgan fingerprint density at radius 3 is 2.50 bits per heavy atom. The van der Waals surface area contributed by atoms with Crippen LogP contribution >= 0.6 is 11.6 Å². The van der Waals surface area contributed by atoms with Crippen molar-refractivity contribution < 1.29 is 4.74 Å². The minimum atomic E-state index is 0.143. The van der Waals surface area contributed by atoms with Crippen LogP contribution in [0.15, 0.2) is 0 Å². The molecule has 1 rings (SSSR count). The third-order valence-electron chi connectivity index (χ3n) is 1.95. The lowest BCUT2D eigenvalue weighted by molar-refractivity contribution is -0.00212. The molecule has 1 heterocycles. The van der Waals surface area contributed by atoms with Gasteiger partial charge in [0, 0.05) is 20.2 Å². The molecule has 2 nitrogen and oxygen atoms in total. The summed E-state index contributed by atoms with van der Waals surface area (Å²) in [5, 5.41) is 0. The lowest BCUT2D eigenvalue weighted by Crippen LogP contribution is -2.35. The van der Waals surface area contributed by atoms with Crippen molar-refractivity contribution >= 4 is 11.6 Å². The second kappa shape index (κ2) is 4.16. The number of likely N-dealkylation sites (tertiary alicyclic amines) is 1. The summed E-state index contributed by atoms with van der Waals surface area (Å²) in [6.45, 7) is 2.29. The molecule has 1 saturated heterocycles. The minimum absolute atomic E-state index is 0.143. The molecule has 60 valence electrons. The quantitative estimate of drug-likeness (QED) is 0.582. The number of halogens is 1. The summed E-state index contributed by atoms with van der Waals surface area (Å²) < 4.78 is 5.18. The molecule has 1 unspecified atom stereocenters. The monoisotopic (exact) mass is 163 g/mol. The summed E-state index contributed by atoms with van der Waals surface area (Å²) in [5.41, 5.74) is 0. The molecule has 0 bridgehead atoms. The Balaban J connectivity index is 2.29. The lowest BCUT2D eigenvalue weighted by atomic mass is 10.4. The van der Waals surface area contributed by atoms with E-state index in [1.54, 1.807) is 7.11 Å². The third-order valence-corrected chi connectivity index (χ3v) is 2.22. The second-order valence-corrected chi connectivity index (χ2v) is 2.90. The predicted molar refractivity (Wildman–Crippen MR) is 42.3 cm³/mol. The molecule has 1 aliphatic rings. The molecule has 1 fully saturated rings. The lowest BCUT2D eigenvalue weighted by Gasteiger charge is -2.23. The van der Waals surface area contributed by atoms with Crippen LogP contribution in [0.3, 0.4) is 0 Å². The van der Waals surface area contributed by atoms with Gasteiger partial charge in [-0.2, -0.15) is 0 Å². The van der Waals surface area contributed by atoms with Crippen molar-refractivity contribution in [2.45, 2.75) is 19.1 Å². The largest absolute Gasteiger partial charge is 0.365 e. The van der Waals surface area contributed by atoms with Crippen LogP contribution in [0.25, 0.3) is 0 Å². The van der Waals surface area contributed by atoms with E-state index in [0.29, 0.717) is 5.88 Å². The van der Waals surface area contributed by atoms with E-state index in [-0.39, 0.29) is 6.23 Å². The van der Waals surface area contributed by atoms with Crippen LogP contribution in [0.5, 0.6) is 0 Å². The molecular formula is C7H14ClNO. The van der Waals surface area contributed by atoms with Crippen molar-refractivity contribution in [1.29, 1.82) is 0 Å². The van der Waals surface area contributed by atoms with Crippen LogP contribution < -0.4 is 0 Å². The summed E-state index contributed by atoms with van der Waals surface area (Å²) in [6.07, 6.45) is 2.72. The molecule has 0 aromatic heterocycles. The summed E-state index contributed by atoms with van der Waals surface area (Å²) in [4.78, 5) is 2.28. The van der Waals surface area contributed by atoms with E-state index in [2.05, 4.69) is 4.90 Å². The van der Waals surface area contributed by atoms with Gasteiger partial charge >= 0.3 is 0 Å². The van der Waals surface area contributed by atoms with E-state index in [1.165, 1.54) is 12.8 Å². The molecule has 0 spiro atoms. The van der Waals surface area contributed by atoms with E-state index >= 15 is 0 Å². The number of nitrogens with zero attached hydrogens (tertiary/aromatic N) is 1. The molecule has 1 atom stereocenters. The van der Waals surface area contributed by atoms with E-state index in [1.807, 2.05) is 0 Å². The van der Waals surface area contributed by atoms with Crippen LogP contribution in [-0.2, 0) is 4.74 Å². The Bertz CT molecular complexity index is 89.6. The Hall–Kier alpha value is 0.210. The zero-order valence-corrected chi connectivity index (χ0v) is 7.10. The van der Waals surface area contributed by atoms with Gasteiger partial charge in [-0.15, -0.1) is 11.6 Å². The van der Waals surface area contributed by atoms with E-state index in [9.17, 15) is 0 Å². The highest BCUT2D eigenvalue weighted by Crippen LogP contribution is 2.12. The SMILES string of the molecule is COC(CCl)N1CCCC1. The summed E-state index contributed by atoms with van der Waals surface area (Å²) >= 11 is 5.68. The van der Waals surface area contributed by atoms with Crippen molar-refractivity contribution in [1.82, 2.24) is 4.90 Å². The first-order valence-corrected chi connectivity index (χ1v) is 4.24. The highest BCUT2D eigenvalue weighted by Gasteiger charge is 2.19. The molecule has 3 heteroatoms. The number of rotatable bonds is 3. The first-order valence-electron chi connectivity index (χ1n) is 3.71. The molecule has 10 heavy (non-hydrogen) atoms. The number of hydrogen-bond acceptors (Lipinski definition) is 2. The van der Waals surface area contributed by atoms with Crippen molar-refractivity contribution in [2.24, 2.45) is 0 Å². The van der Waals surface area contributed by atoms with Crippen LogP contribution in [0.1, 0.15) is 12.8 Å². The highest BCUT2D eigenvalue weighted by molar-refractivity contribution is 6.18. The van der Waals surface area contributed by atoms with Gasteiger partial charge in [-0.05, 0) is 12.8 Å². The minimum Gasteiger partial charge on any atom is -0.365 e. The standard InChI is InChI=1S/C7H14ClNO/c1-10-7(6-8)9-4-2-3-5-9/h7H,2-6H2,1H3. The van der Waals surface area contributed by atoms with E-state index in [4.69, 9.17) is 16.3 Å². The van der Waals surface area contributed by atoms with Gasteiger partial charge in [-0.1, -0.05) is 0 Å². The zero-order valence-electron chi connectivity index (χ0n) is 6.35. The van der Waals surface area contributed by atoms with Gasteiger partial charge < -0.3 is 4.74 Å². The highest BCUT2D eigenvalue weighted by atomic mass is 35.5. The van der Waals surface area contributed by atoms with Crippen molar-refractivity contribution in [3.63, 3.8) is 0 Å². The number of alkyl halides is 1. The van der Waals surface area contributed by atoms with Crippen LogP contribution in [0.4, 0.5) is 0 Å². The molecule has 0 aliphatic carbocycles. The summed E-state index contributed by atoms with van der Waals surface area (Å²) in [6, 6.07) is 0. The maximum Gasteiger partial charge on any atom is 0.123 e. The first kappa shape index (κ1) is 8.31. The van der Waals surface area contributed by atoms with Crippen LogP contribution in [0, 0.1) is 0 Å². The number of hydrogen-bond donors (Lipinski definition) is 0. The molecule has 0 N–H and O–H groups in total. The smallest absolute Gasteiger partial charge is 0.123 e. The zero-order chi connectivity index (χ0) is 7.40. The third kappa shape index (κ3) is 1.84. The van der Waals surface area contributed by atoms with Gasteiger partial charge in [0.05, 0.1) is 5.88 Å². The predicted octanol–water partition coefficient (Wildman–Crippen LogP) is 1.29. The van der Waals surface area contributed by atoms with Crippen LogP contribution in [-0.4, -0.2) is 37.2 Å².